The van der Waals surface area contributed by atoms with Crippen molar-refractivity contribution in [2.75, 3.05) is 13.7 Å². The number of ether oxygens (including phenoxy) is 5. The SMILES string of the molecule is COc1ccc(Cn2c(=O)cnn([C@@H]3O[C@@H](COC(C)=O)[C@@H](OC(C)=O)[C@@H]3OC(C)=O)c2=O)cc1Br. The van der Waals surface area contributed by atoms with Crippen LogP contribution in [0.2, 0.25) is 0 Å². The number of carbonyl (C=O) groups is 3. The van der Waals surface area contributed by atoms with E-state index in [4.69, 9.17) is 23.7 Å². The Balaban J connectivity index is 2.02. The third kappa shape index (κ3) is 6.18. The Morgan fingerprint density at radius 2 is 1.72 bits per heavy atom. The van der Waals surface area contributed by atoms with Gasteiger partial charge in [-0.25, -0.2) is 4.79 Å². The fourth-order valence-electron chi connectivity index (χ4n) is 3.65. The monoisotopic (exact) mass is 569 g/mol. The molecule has 13 nitrogen and oxygen atoms in total. The summed E-state index contributed by atoms with van der Waals surface area (Å²) in [5.74, 6) is -1.52. The Morgan fingerprint density at radius 3 is 2.31 bits per heavy atom. The van der Waals surface area contributed by atoms with Crippen LogP contribution < -0.4 is 16.0 Å². The van der Waals surface area contributed by atoms with E-state index in [2.05, 4.69) is 21.0 Å². The van der Waals surface area contributed by atoms with Crippen LogP contribution in [0.3, 0.4) is 0 Å². The summed E-state index contributed by atoms with van der Waals surface area (Å²) in [6.45, 7) is 2.97. The van der Waals surface area contributed by atoms with E-state index in [0.29, 0.717) is 15.8 Å². The predicted octanol–water partition coefficient (Wildman–Crippen LogP) is 0.548. The standard InChI is InChI=1S/C22H24BrN3O10/c1-11(27)33-10-17-19(34-12(2)28)20(35-13(3)29)21(36-17)26-22(31)25(18(30)8-24-26)9-14-5-6-16(32-4)15(23)7-14/h5-8,17,19-21H,9-10H2,1-4H3/t17-,19+,20-,21+/m0/s1. The molecule has 2 aromatic rings. The van der Waals surface area contributed by atoms with Gasteiger partial charge >= 0.3 is 23.6 Å². The van der Waals surface area contributed by atoms with E-state index in [1.807, 2.05) is 0 Å². The highest BCUT2D eigenvalue weighted by atomic mass is 79.9. The van der Waals surface area contributed by atoms with Gasteiger partial charge in [-0.2, -0.15) is 9.78 Å². The van der Waals surface area contributed by atoms with Crippen LogP contribution in [0.1, 0.15) is 32.6 Å². The zero-order valence-corrected chi connectivity index (χ0v) is 21.4. The Bertz CT molecular complexity index is 1270. The van der Waals surface area contributed by atoms with Crippen LogP contribution in [0.4, 0.5) is 0 Å². The van der Waals surface area contributed by atoms with Gasteiger partial charge in [-0.05, 0) is 33.6 Å². The summed E-state index contributed by atoms with van der Waals surface area (Å²) in [6, 6.07) is 5.04. The lowest BCUT2D eigenvalue weighted by molar-refractivity contribution is -0.166. The van der Waals surface area contributed by atoms with Crippen LogP contribution in [0.25, 0.3) is 0 Å². The zero-order chi connectivity index (χ0) is 26.6. The highest BCUT2D eigenvalue weighted by Gasteiger charge is 2.51. The van der Waals surface area contributed by atoms with Crippen molar-refractivity contribution in [3.8, 4) is 5.75 Å². The van der Waals surface area contributed by atoms with Crippen molar-refractivity contribution in [1.29, 1.82) is 0 Å². The maximum atomic E-state index is 13.3. The highest BCUT2D eigenvalue weighted by molar-refractivity contribution is 9.10. The van der Waals surface area contributed by atoms with Crippen molar-refractivity contribution >= 4 is 33.8 Å². The summed E-state index contributed by atoms with van der Waals surface area (Å²) in [5.41, 5.74) is -0.946. The molecule has 36 heavy (non-hydrogen) atoms. The van der Waals surface area contributed by atoms with E-state index in [0.717, 1.165) is 29.3 Å². The molecule has 0 radical (unpaired) electrons. The van der Waals surface area contributed by atoms with E-state index >= 15 is 0 Å². The normalized spacial score (nSPS) is 21.0. The molecule has 2 heterocycles. The van der Waals surface area contributed by atoms with Crippen LogP contribution in [0.5, 0.6) is 5.75 Å². The number of carbonyl (C=O) groups excluding carboxylic acids is 3. The molecule has 0 N–H and O–H groups in total. The second-order valence-corrected chi connectivity index (χ2v) is 8.64. The Kier molecular flexibility index (Phi) is 8.63. The van der Waals surface area contributed by atoms with E-state index in [1.165, 1.54) is 14.0 Å². The molecule has 0 saturated carbocycles. The summed E-state index contributed by atoms with van der Waals surface area (Å²) < 4.78 is 29.0. The number of hydrogen-bond donors (Lipinski definition) is 0. The van der Waals surface area contributed by atoms with Gasteiger partial charge in [-0.1, -0.05) is 6.07 Å². The largest absolute Gasteiger partial charge is 0.496 e. The second kappa shape index (κ2) is 11.5. The molecule has 1 aromatic heterocycles. The summed E-state index contributed by atoms with van der Waals surface area (Å²) in [7, 11) is 1.50. The first-order chi connectivity index (χ1) is 17.0. The molecule has 3 rings (SSSR count). The smallest absolute Gasteiger partial charge is 0.350 e. The average molecular weight is 570 g/mol. The summed E-state index contributed by atoms with van der Waals surface area (Å²) >= 11 is 3.36. The van der Waals surface area contributed by atoms with E-state index in [1.54, 1.807) is 18.2 Å². The molecule has 1 fully saturated rings. The van der Waals surface area contributed by atoms with Gasteiger partial charge in [0.05, 0.1) is 18.1 Å². The molecule has 0 aliphatic carbocycles. The molecule has 0 amide bonds. The molecule has 14 heteroatoms. The van der Waals surface area contributed by atoms with Gasteiger partial charge in [0, 0.05) is 20.8 Å². The predicted molar refractivity (Wildman–Crippen MR) is 124 cm³/mol. The third-order valence-electron chi connectivity index (χ3n) is 5.12. The number of rotatable bonds is 8. The minimum absolute atomic E-state index is 0.113. The summed E-state index contributed by atoms with van der Waals surface area (Å²) in [4.78, 5) is 60.8. The first-order valence-electron chi connectivity index (χ1n) is 10.7. The fourth-order valence-corrected chi connectivity index (χ4v) is 4.24. The van der Waals surface area contributed by atoms with Gasteiger partial charge in [0.2, 0.25) is 0 Å². The lowest BCUT2D eigenvalue weighted by Crippen LogP contribution is -2.46. The van der Waals surface area contributed by atoms with Gasteiger partial charge in [0.1, 0.15) is 24.7 Å². The van der Waals surface area contributed by atoms with Gasteiger partial charge in [-0.15, -0.1) is 0 Å². The first kappa shape index (κ1) is 27.1. The summed E-state index contributed by atoms with van der Waals surface area (Å²) in [5, 5.41) is 3.88. The van der Waals surface area contributed by atoms with Gasteiger partial charge in [0.15, 0.2) is 18.4 Å². The Labute approximate surface area is 213 Å². The molecular weight excluding hydrogens is 546 g/mol. The molecule has 0 unspecified atom stereocenters. The molecule has 1 aliphatic heterocycles. The molecule has 1 aromatic carbocycles. The van der Waals surface area contributed by atoms with Crippen molar-refractivity contribution in [3.05, 3.63) is 55.3 Å². The van der Waals surface area contributed by atoms with Crippen molar-refractivity contribution < 1.29 is 38.1 Å². The van der Waals surface area contributed by atoms with Crippen LogP contribution in [0.15, 0.2) is 38.5 Å². The maximum absolute atomic E-state index is 13.3. The van der Waals surface area contributed by atoms with Crippen molar-refractivity contribution in [2.24, 2.45) is 0 Å². The number of esters is 3. The Hall–Kier alpha value is -3.52. The van der Waals surface area contributed by atoms with Crippen molar-refractivity contribution in [3.63, 3.8) is 0 Å². The fraction of sp³-hybridized carbons (Fsp3) is 0.455. The highest BCUT2D eigenvalue weighted by Crippen LogP contribution is 2.33. The number of aromatic nitrogens is 3. The van der Waals surface area contributed by atoms with E-state index in [9.17, 15) is 24.0 Å². The molecule has 1 aliphatic rings. The minimum atomic E-state index is -1.39. The quantitative estimate of drug-likeness (QED) is 0.323. The average Bonchev–Trinajstić information content (AvgIpc) is 3.11. The number of benzene rings is 1. The molecule has 1 saturated heterocycles. The number of halogens is 1. The van der Waals surface area contributed by atoms with E-state index < -0.39 is 53.7 Å². The first-order valence-corrected chi connectivity index (χ1v) is 11.5. The maximum Gasteiger partial charge on any atom is 0.350 e. The zero-order valence-electron chi connectivity index (χ0n) is 19.8. The summed E-state index contributed by atoms with van der Waals surface area (Å²) in [6.07, 6.45) is -4.10. The lowest BCUT2D eigenvalue weighted by atomic mass is 10.1. The van der Waals surface area contributed by atoms with Gasteiger partial charge in [0.25, 0.3) is 5.56 Å². The number of nitrogens with zero attached hydrogens (tertiary/aromatic N) is 3. The van der Waals surface area contributed by atoms with Crippen LogP contribution in [0, 0.1) is 0 Å². The second-order valence-electron chi connectivity index (χ2n) is 7.78. The molecule has 0 spiro atoms. The molecule has 0 bridgehead atoms. The molecule has 4 atom stereocenters. The van der Waals surface area contributed by atoms with Crippen LogP contribution in [-0.4, -0.2) is 64.3 Å². The van der Waals surface area contributed by atoms with Crippen LogP contribution >= 0.6 is 15.9 Å². The van der Waals surface area contributed by atoms with Gasteiger partial charge < -0.3 is 23.7 Å². The lowest BCUT2D eigenvalue weighted by Gasteiger charge is -2.23. The molecule has 194 valence electrons. The molecular formula is C22H24BrN3O10. The van der Waals surface area contributed by atoms with Crippen molar-refractivity contribution in [2.45, 2.75) is 51.9 Å². The van der Waals surface area contributed by atoms with Gasteiger partial charge in [-0.3, -0.25) is 23.7 Å². The van der Waals surface area contributed by atoms with Crippen LogP contribution in [-0.2, 0) is 39.9 Å². The third-order valence-corrected chi connectivity index (χ3v) is 5.74. The topological polar surface area (TPSA) is 154 Å². The van der Waals surface area contributed by atoms with Crippen molar-refractivity contribution in [1.82, 2.24) is 14.3 Å². The Morgan fingerprint density at radius 1 is 1.06 bits per heavy atom. The van der Waals surface area contributed by atoms with E-state index in [-0.39, 0.29) is 13.2 Å². The minimum Gasteiger partial charge on any atom is -0.496 e. The number of hydrogen-bond acceptors (Lipinski definition) is 11. The number of methoxy groups -OCH3 is 1.